The molecular weight excluding hydrogens is 1540 g/mol. The molecule has 15 aromatic rings. The molecule has 0 radical (unpaired) electrons. The van der Waals surface area contributed by atoms with E-state index in [0.29, 0.717) is 19.6 Å². The zero-order valence-electron chi connectivity index (χ0n) is 63.4. The van der Waals surface area contributed by atoms with Gasteiger partial charge in [0.2, 0.25) is 0 Å². The molecular formula is C103H99N4P2Zr2-5. The van der Waals surface area contributed by atoms with Crippen LogP contribution in [0.25, 0.3) is 10.6 Å². The zero-order valence-corrected chi connectivity index (χ0v) is 70.1. The maximum Gasteiger partial charge on any atom is 4.00 e. The summed E-state index contributed by atoms with van der Waals surface area (Å²) >= 11 is 0. The quantitative estimate of drug-likeness (QED) is 0.0446. The molecule has 15 aromatic carbocycles. The Morgan fingerprint density at radius 2 is 0.441 bits per heavy atom. The van der Waals surface area contributed by atoms with E-state index < -0.39 is 15.8 Å². The Hall–Kier alpha value is -10.6. The Kier molecular flexibility index (Phi) is 47.1. The number of rotatable bonds is 16. The summed E-state index contributed by atoms with van der Waals surface area (Å²) in [6.07, 6.45) is 0. The van der Waals surface area contributed by atoms with Crippen molar-refractivity contribution in [3.05, 3.63) is 575 Å². The fourth-order valence-corrected chi connectivity index (χ4v) is 14.5. The van der Waals surface area contributed by atoms with E-state index in [0.717, 1.165) is 51.1 Å². The Morgan fingerprint density at radius 1 is 0.252 bits per heavy atom. The molecule has 0 aliphatic carbocycles. The molecule has 0 bridgehead atoms. The smallest absolute Gasteiger partial charge is 0.670 e. The van der Waals surface area contributed by atoms with Gasteiger partial charge < -0.3 is 16.0 Å². The van der Waals surface area contributed by atoms with Crippen molar-refractivity contribution < 1.29 is 52.4 Å². The molecule has 111 heavy (non-hydrogen) atoms. The number of benzene rings is 15. The third-order valence-electron chi connectivity index (χ3n) is 15.5. The van der Waals surface area contributed by atoms with Gasteiger partial charge in [0.1, 0.15) is 5.58 Å². The first kappa shape index (κ1) is 91.0. The first-order chi connectivity index (χ1) is 53.6. The zero-order chi connectivity index (χ0) is 76.7. The summed E-state index contributed by atoms with van der Waals surface area (Å²) in [5, 5.41) is 19.1. The average Bonchev–Trinajstić information content (AvgIpc) is 0.826. The third-order valence-corrected chi connectivity index (χ3v) is 20.4. The minimum absolute atomic E-state index is 0. The predicted molar refractivity (Wildman–Crippen MR) is 476 cm³/mol. The molecule has 0 spiro atoms. The van der Waals surface area contributed by atoms with Crippen molar-refractivity contribution in [1.82, 2.24) is 5.32 Å². The summed E-state index contributed by atoms with van der Waals surface area (Å²) in [4.78, 5) is 5.10. The van der Waals surface area contributed by atoms with Crippen molar-refractivity contribution in [2.45, 2.75) is 32.1 Å². The third kappa shape index (κ3) is 40.1. The molecule has 0 aliphatic rings. The van der Waals surface area contributed by atoms with Gasteiger partial charge in [0.15, 0.2) is 0 Å². The van der Waals surface area contributed by atoms with E-state index in [1.165, 1.54) is 43.5 Å². The molecule has 0 atom stereocenters. The average molecular weight is 1640 g/mol. The minimum Gasteiger partial charge on any atom is -0.670 e. The molecule has 0 heterocycles. The largest absolute Gasteiger partial charge is 4.00 e. The van der Waals surface area contributed by atoms with E-state index in [-0.39, 0.29) is 58.3 Å². The van der Waals surface area contributed by atoms with Crippen LogP contribution in [0.15, 0.2) is 460 Å². The summed E-state index contributed by atoms with van der Waals surface area (Å²) in [6.45, 7) is 28.8. The molecule has 0 saturated heterocycles. The van der Waals surface area contributed by atoms with Crippen LogP contribution in [-0.4, -0.2) is 11.5 Å². The van der Waals surface area contributed by atoms with Crippen LogP contribution in [-0.2, 0) is 78.6 Å². The Labute approximate surface area is 706 Å². The van der Waals surface area contributed by atoms with Gasteiger partial charge in [0.25, 0.3) is 0 Å². The monoisotopic (exact) mass is 1630 g/mol. The molecule has 8 heteroatoms. The number of hydrogen-bond acceptors (Lipinski definition) is 1. The molecule has 554 valence electrons. The standard InChI is InChI=1S/2C27H25N2P.7C7H7.2Zr/c2*1-5-13-23(14-6-1)21-28-27(29-22-24-15-7-2-8-16-24)30(25-17-9-3-10-18-25)26-19-11-4-12-20-26;7*1-7-5-3-2-4-6-7;;/h1-20H,21-22H2,(H,28,29);1-20,27H,21-22H2;7*2-6H,1H2;;/q;-2;7*-1;;+4. The maximum absolute atomic E-state index is 5.12. The number of hydrogen-bond donors (Lipinski definition) is 1. The van der Waals surface area contributed by atoms with Crippen LogP contribution in [0.3, 0.4) is 0 Å². The van der Waals surface area contributed by atoms with Gasteiger partial charge in [-0.05, 0) is 32.3 Å². The fourth-order valence-electron chi connectivity index (χ4n) is 9.98. The second-order valence-corrected chi connectivity index (χ2v) is 28.8. The van der Waals surface area contributed by atoms with Gasteiger partial charge in [-0.3, -0.25) is 4.99 Å². The van der Waals surface area contributed by atoms with E-state index >= 15 is 0 Å². The van der Waals surface area contributed by atoms with Gasteiger partial charge in [0, 0.05) is 40.7 Å². The van der Waals surface area contributed by atoms with Gasteiger partial charge >= 0.3 is 26.2 Å². The first-order valence-corrected chi connectivity index (χ1v) is 39.0. The maximum atomic E-state index is 5.12. The summed E-state index contributed by atoms with van der Waals surface area (Å²) in [5.41, 5.74) is 13.5. The van der Waals surface area contributed by atoms with Crippen molar-refractivity contribution in [2.75, 3.05) is 0 Å². The Bertz CT molecular complexity index is 4170. The van der Waals surface area contributed by atoms with Crippen LogP contribution in [0.1, 0.15) is 61.2 Å². The number of aliphatic imine (C=N–C) groups is 1. The van der Waals surface area contributed by atoms with Crippen LogP contribution in [0.5, 0.6) is 0 Å². The van der Waals surface area contributed by atoms with E-state index in [1.54, 1.807) is 0 Å². The molecule has 0 unspecified atom stereocenters. The molecule has 0 aliphatic heterocycles. The fraction of sp³-hybridized carbons (Fsp3) is 0.0485. The van der Waals surface area contributed by atoms with Gasteiger partial charge in [-0.2, -0.15) is 172 Å². The van der Waals surface area contributed by atoms with Crippen LogP contribution in [0.4, 0.5) is 0 Å². The summed E-state index contributed by atoms with van der Waals surface area (Å²) in [5.74, 6) is -0.106. The molecule has 0 aromatic heterocycles. The minimum atomic E-state index is -0.768. The van der Waals surface area contributed by atoms with Crippen molar-refractivity contribution in [3.8, 4) is 0 Å². The summed E-state index contributed by atoms with van der Waals surface area (Å²) in [6, 6.07) is 154. The second-order valence-electron chi connectivity index (χ2n) is 24.4. The first-order valence-electron chi connectivity index (χ1n) is 36.2. The van der Waals surface area contributed by atoms with Crippen molar-refractivity contribution in [3.63, 3.8) is 0 Å². The SMILES string of the molecule is [CH2-]c1ccccc1.[CH2-]c1ccccc1.[CH2-]c1ccccc1.[CH2-]c1ccccc1.[CH2-]c1ccccc1.[CH2-]c1ccccc1.[CH2-]c1ccccc1.[Zr+4].[Zr].c1ccc(CN=C(NCc2ccccc2)P(c2ccccc2)c2ccccc2)cc1.c1ccc(C[N-]C([N-]Cc2ccccc2)P(c2ccccc2)c2ccccc2)cc1. The van der Waals surface area contributed by atoms with E-state index in [1.807, 2.05) is 231 Å². The normalized spacial score (nSPS) is 9.88. The van der Waals surface area contributed by atoms with Gasteiger partial charge in [-0.1, -0.05) is 304 Å². The van der Waals surface area contributed by atoms with Crippen LogP contribution < -0.4 is 26.5 Å². The molecule has 15 rings (SSSR count). The molecule has 4 nitrogen and oxygen atoms in total. The van der Waals surface area contributed by atoms with Gasteiger partial charge in [-0.15, -0.1) is 98.0 Å². The van der Waals surface area contributed by atoms with Crippen LogP contribution in [0, 0.1) is 48.5 Å². The molecule has 0 saturated carbocycles. The topological polar surface area (TPSA) is 52.6 Å². The van der Waals surface area contributed by atoms with Crippen LogP contribution in [0.2, 0.25) is 0 Å². The number of amidine groups is 1. The molecule has 0 fully saturated rings. The number of nitrogens with zero attached hydrogens (tertiary/aromatic N) is 3. The molecule has 0 amide bonds. The Morgan fingerprint density at radius 3 is 0.658 bits per heavy atom. The van der Waals surface area contributed by atoms with Crippen molar-refractivity contribution in [1.29, 1.82) is 0 Å². The van der Waals surface area contributed by atoms with Crippen molar-refractivity contribution in [2.24, 2.45) is 4.99 Å². The summed E-state index contributed by atoms with van der Waals surface area (Å²) in [7, 11) is -1.51. The predicted octanol–water partition coefficient (Wildman–Crippen LogP) is 25.1. The number of nitrogens with one attached hydrogen (secondary N) is 1. The Balaban J connectivity index is 0.000000246. The van der Waals surface area contributed by atoms with Crippen molar-refractivity contribution >= 4 is 42.6 Å². The van der Waals surface area contributed by atoms with Gasteiger partial charge in [0.05, 0.1) is 6.54 Å². The van der Waals surface area contributed by atoms with Crippen LogP contribution >= 0.6 is 15.8 Å². The van der Waals surface area contributed by atoms with E-state index in [2.05, 4.69) is 278 Å². The van der Waals surface area contributed by atoms with E-state index in [9.17, 15) is 0 Å². The van der Waals surface area contributed by atoms with E-state index in [4.69, 9.17) is 15.6 Å². The summed E-state index contributed by atoms with van der Waals surface area (Å²) < 4.78 is 0. The van der Waals surface area contributed by atoms with Gasteiger partial charge in [-0.25, -0.2) is 5.91 Å². The second kappa shape index (κ2) is 57.5. The molecule has 1 N–H and O–H groups in total.